The molecular weight excluding hydrogens is 258 g/mol. The normalized spacial score (nSPS) is 24.4. The van der Waals surface area contributed by atoms with Gasteiger partial charge in [-0.2, -0.15) is 0 Å². The second-order valence-corrected chi connectivity index (χ2v) is 7.50. The summed E-state index contributed by atoms with van der Waals surface area (Å²) >= 11 is 0. The van der Waals surface area contributed by atoms with Crippen molar-refractivity contribution in [1.29, 1.82) is 0 Å². The molecule has 0 aromatic carbocycles. The van der Waals surface area contributed by atoms with E-state index < -0.39 is 0 Å². The third-order valence-electron chi connectivity index (χ3n) is 5.02. The number of nitrogens with one attached hydrogen (secondary N) is 1. The fourth-order valence-corrected chi connectivity index (χ4v) is 3.82. The lowest BCUT2D eigenvalue weighted by Crippen LogP contribution is -2.37. The number of rotatable bonds is 9. The van der Waals surface area contributed by atoms with Crippen LogP contribution in [0.25, 0.3) is 0 Å². The maximum Gasteiger partial charge on any atom is 0.0223 e. The Labute approximate surface area is 132 Å². The van der Waals surface area contributed by atoms with Crippen LogP contribution in [0.4, 0.5) is 0 Å². The molecule has 3 nitrogen and oxygen atoms in total. The summed E-state index contributed by atoms with van der Waals surface area (Å²) in [5.41, 5.74) is 0. The van der Waals surface area contributed by atoms with Crippen molar-refractivity contribution in [3.8, 4) is 0 Å². The largest absolute Gasteiger partial charge is 0.316 e. The predicted octanol–water partition coefficient (Wildman–Crippen LogP) is 2.96. The van der Waals surface area contributed by atoms with E-state index in [2.05, 4.69) is 29.0 Å². The highest BCUT2D eigenvalue weighted by Crippen LogP contribution is 2.21. The van der Waals surface area contributed by atoms with Gasteiger partial charge < -0.3 is 10.2 Å². The van der Waals surface area contributed by atoms with Crippen molar-refractivity contribution in [2.75, 3.05) is 45.8 Å². The van der Waals surface area contributed by atoms with Gasteiger partial charge in [-0.1, -0.05) is 26.7 Å². The fraction of sp³-hybridized carbons (Fsp3) is 1.00. The molecule has 0 bridgehead atoms. The van der Waals surface area contributed by atoms with Gasteiger partial charge in [0.05, 0.1) is 0 Å². The Morgan fingerprint density at radius 2 is 1.81 bits per heavy atom. The minimum atomic E-state index is 0.781. The van der Waals surface area contributed by atoms with Gasteiger partial charge in [0.1, 0.15) is 0 Å². The molecule has 0 saturated carbocycles. The number of unbranched alkanes of at least 4 members (excludes halogenated alkanes) is 3. The molecule has 0 aromatic heterocycles. The first-order chi connectivity index (χ1) is 10.3. The van der Waals surface area contributed by atoms with E-state index in [1.807, 2.05) is 0 Å². The van der Waals surface area contributed by atoms with Crippen molar-refractivity contribution in [3.63, 3.8) is 0 Å². The molecule has 2 aliphatic rings. The van der Waals surface area contributed by atoms with Gasteiger partial charge in [0, 0.05) is 12.6 Å². The molecule has 1 unspecified atom stereocenters. The zero-order valence-electron chi connectivity index (χ0n) is 14.4. The average molecular weight is 296 g/mol. The minimum absolute atomic E-state index is 0.781. The molecule has 2 fully saturated rings. The number of nitrogens with zero attached hydrogens (tertiary/aromatic N) is 2. The molecule has 1 atom stereocenters. The van der Waals surface area contributed by atoms with E-state index in [4.69, 9.17) is 0 Å². The van der Waals surface area contributed by atoms with Crippen LogP contribution in [0, 0.1) is 5.92 Å². The van der Waals surface area contributed by atoms with E-state index in [1.54, 1.807) is 0 Å². The van der Waals surface area contributed by atoms with Gasteiger partial charge in [-0.25, -0.2) is 0 Å². The Morgan fingerprint density at radius 1 is 1.00 bits per heavy atom. The number of fused-ring (bicyclic) bond motifs is 1. The highest BCUT2D eigenvalue weighted by Gasteiger charge is 2.28. The van der Waals surface area contributed by atoms with Crippen LogP contribution in [0.5, 0.6) is 0 Å². The Bertz CT molecular complexity index is 267. The predicted molar refractivity (Wildman–Crippen MR) is 91.8 cm³/mol. The van der Waals surface area contributed by atoms with Crippen molar-refractivity contribution in [1.82, 2.24) is 15.1 Å². The molecule has 21 heavy (non-hydrogen) atoms. The molecule has 0 radical (unpaired) electrons. The third-order valence-corrected chi connectivity index (χ3v) is 5.02. The van der Waals surface area contributed by atoms with E-state index in [-0.39, 0.29) is 0 Å². The van der Waals surface area contributed by atoms with Crippen LogP contribution in [-0.4, -0.2) is 61.7 Å². The van der Waals surface area contributed by atoms with Gasteiger partial charge in [-0.15, -0.1) is 0 Å². The zero-order valence-corrected chi connectivity index (χ0v) is 14.4. The quantitative estimate of drug-likeness (QED) is 0.660. The second kappa shape index (κ2) is 9.81. The second-order valence-electron chi connectivity index (χ2n) is 7.50. The van der Waals surface area contributed by atoms with E-state index in [0.29, 0.717) is 0 Å². The van der Waals surface area contributed by atoms with Crippen LogP contribution in [0.3, 0.4) is 0 Å². The highest BCUT2D eigenvalue weighted by molar-refractivity contribution is 4.84. The van der Waals surface area contributed by atoms with Crippen molar-refractivity contribution < 1.29 is 0 Å². The monoisotopic (exact) mass is 295 g/mol. The van der Waals surface area contributed by atoms with Crippen molar-refractivity contribution >= 4 is 0 Å². The summed E-state index contributed by atoms with van der Waals surface area (Å²) in [5.74, 6) is 0.781. The molecule has 0 amide bonds. The van der Waals surface area contributed by atoms with Crippen molar-refractivity contribution in [2.45, 2.75) is 64.8 Å². The maximum absolute atomic E-state index is 3.54. The summed E-state index contributed by atoms with van der Waals surface area (Å²) in [5, 5.41) is 3.54. The smallest absolute Gasteiger partial charge is 0.0223 e. The molecule has 0 aliphatic carbocycles. The van der Waals surface area contributed by atoms with E-state index >= 15 is 0 Å². The SMILES string of the molecule is CC(C)CNCCCCCCN1CCCN2CCCC2C1. The summed E-state index contributed by atoms with van der Waals surface area (Å²) in [4.78, 5) is 5.48. The molecule has 1 N–H and O–H groups in total. The first-order valence-electron chi connectivity index (χ1n) is 9.43. The Balaban J connectivity index is 1.47. The fourth-order valence-electron chi connectivity index (χ4n) is 3.82. The molecule has 124 valence electrons. The van der Waals surface area contributed by atoms with Gasteiger partial charge in [0.2, 0.25) is 0 Å². The molecule has 3 heteroatoms. The minimum Gasteiger partial charge on any atom is -0.316 e. The van der Waals surface area contributed by atoms with Crippen LogP contribution < -0.4 is 5.32 Å². The Kier molecular flexibility index (Phi) is 8.05. The van der Waals surface area contributed by atoms with Crippen molar-refractivity contribution in [2.24, 2.45) is 5.92 Å². The lowest BCUT2D eigenvalue weighted by Gasteiger charge is -2.25. The van der Waals surface area contributed by atoms with E-state index in [0.717, 1.165) is 12.0 Å². The third kappa shape index (κ3) is 6.66. The standard InChI is InChI=1S/C18H37N3/c1-17(2)15-19-10-5-3-4-6-11-20-12-8-14-21-13-7-9-18(21)16-20/h17-19H,3-16H2,1-2H3. The van der Waals surface area contributed by atoms with Crippen LogP contribution in [0.15, 0.2) is 0 Å². The Morgan fingerprint density at radius 3 is 2.67 bits per heavy atom. The maximum atomic E-state index is 3.54. The number of hydrogen-bond donors (Lipinski definition) is 1. The lowest BCUT2D eigenvalue weighted by molar-refractivity contribution is 0.217. The molecular formula is C18H37N3. The average Bonchev–Trinajstić information content (AvgIpc) is 2.80. The topological polar surface area (TPSA) is 18.5 Å². The van der Waals surface area contributed by atoms with Gasteiger partial charge in [-0.3, -0.25) is 4.90 Å². The summed E-state index contributed by atoms with van der Waals surface area (Å²) in [6.45, 7) is 13.7. The highest BCUT2D eigenvalue weighted by atomic mass is 15.3. The van der Waals surface area contributed by atoms with Crippen LogP contribution >= 0.6 is 0 Å². The first kappa shape index (κ1) is 17.2. The Hall–Kier alpha value is -0.120. The molecule has 0 aromatic rings. The molecule has 2 heterocycles. The van der Waals surface area contributed by atoms with Crippen LogP contribution in [-0.2, 0) is 0 Å². The van der Waals surface area contributed by atoms with Gasteiger partial charge >= 0.3 is 0 Å². The van der Waals surface area contributed by atoms with Crippen LogP contribution in [0.2, 0.25) is 0 Å². The summed E-state index contributed by atoms with van der Waals surface area (Å²) in [7, 11) is 0. The molecule has 0 spiro atoms. The summed E-state index contributed by atoms with van der Waals surface area (Å²) in [6.07, 6.45) is 9.82. The molecule has 2 aliphatic heterocycles. The first-order valence-corrected chi connectivity index (χ1v) is 9.43. The van der Waals surface area contributed by atoms with E-state index in [1.165, 1.54) is 90.8 Å². The van der Waals surface area contributed by atoms with Gasteiger partial charge in [0.15, 0.2) is 0 Å². The van der Waals surface area contributed by atoms with E-state index in [9.17, 15) is 0 Å². The molecule has 2 saturated heterocycles. The number of hydrogen-bond acceptors (Lipinski definition) is 3. The zero-order chi connectivity index (χ0) is 14.9. The summed E-state index contributed by atoms with van der Waals surface area (Å²) < 4.78 is 0. The lowest BCUT2D eigenvalue weighted by atomic mass is 10.1. The van der Waals surface area contributed by atoms with Gasteiger partial charge in [0.25, 0.3) is 0 Å². The van der Waals surface area contributed by atoms with Gasteiger partial charge in [-0.05, 0) is 77.3 Å². The van der Waals surface area contributed by atoms with Crippen molar-refractivity contribution in [3.05, 3.63) is 0 Å². The summed E-state index contributed by atoms with van der Waals surface area (Å²) in [6, 6.07) is 0.882. The van der Waals surface area contributed by atoms with Crippen LogP contribution in [0.1, 0.15) is 58.8 Å². The molecule has 2 rings (SSSR count).